The minimum Gasteiger partial charge on any atom is -0.497 e. The van der Waals surface area contributed by atoms with Gasteiger partial charge in [-0.25, -0.2) is 4.79 Å². The van der Waals surface area contributed by atoms with Gasteiger partial charge in [0.25, 0.3) is 11.8 Å². The lowest BCUT2D eigenvalue weighted by atomic mass is 10.0. The Bertz CT molecular complexity index is 1190. The summed E-state index contributed by atoms with van der Waals surface area (Å²) in [5.41, 5.74) is 1.88. The molecule has 0 aromatic heterocycles. The maximum Gasteiger partial charge on any atom is 0.408 e. The number of rotatable bonds is 6. The summed E-state index contributed by atoms with van der Waals surface area (Å²) < 4.78 is 10.4. The Morgan fingerprint density at radius 3 is 2.51 bits per heavy atom. The molecule has 0 bridgehead atoms. The molecular formula is C24H24N4O7. The van der Waals surface area contributed by atoms with E-state index in [4.69, 9.17) is 9.47 Å². The number of carbonyl (C=O) groups is 5. The number of methoxy groups -OCH3 is 1. The van der Waals surface area contributed by atoms with Crippen LogP contribution in [0.25, 0.3) is 0 Å². The number of nitrogens with one attached hydrogen (secondary N) is 3. The third kappa shape index (κ3) is 4.93. The van der Waals surface area contributed by atoms with E-state index in [0.29, 0.717) is 28.1 Å². The van der Waals surface area contributed by atoms with E-state index in [-0.39, 0.29) is 31.2 Å². The molecule has 2 heterocycles. The highest BCUT2D eigenvalue weighted by Crippen LogP contribution is 2.30. The molecule has 0 spiro atoms. The van der Waals surface area contributed by atoms with E-state index in [1.54, 1.807) is 42.5 Å². The van der Waals surface area contributed by atoms with Crippen LogP contribution in [0.4, 0.5) is 10.5 Å². The van der Waals surface area contributed by atoms with Crippen molar-refractivity contribution in [3.8, 4) is 5.75 Å². The third-order valence-corrected chi connectivity index (χ3v) is 5.88. The van der Waals surface area contributed by atoms with Crippen LogP contribution in [0.15, 0.2) is 42.5 Å². The third-order valence-electron chi connectivity index (χ3n) is 5.88. The van der Waals surface area contributed by atoms with Crippen molar-refractivity contribution in [2.45, 2.75) is 31.5 Å². The van der Waals surface area contributed by atoms with Gasteiger partial charge in [0, 0.05) is 36.8 Å². The van der Waals surface area contributed by atoms with E-state index >= 15 is 0 Å². The van der Waals surface area contributed by atoms with Crippen LogP contribution in [0.3, 0.4) is 0 Å². The quantitative estimate of drug-likeness (QED) is 0.532. The molecule has 2 aliphatic heterocycles. The molecule has 4 rings (SSSR count). The fourth-order valence-electron chi connectivity index (χ4n) is 4.08. The maximum atomic E-state index is 13.1. The summed E-state index contributed by atoms with van der Waals surface area (Å²) in [4.78, 5) is 62.9. The van der Waals surface area contributed by atoms with E-state index < -0.39 is 30.1 Å². The number of fused-ring (bicyclic) bond motifs is 1. The number of amides is 5. The molecule has 2 aromatic carbocycles. The molecule has 11 nitrogen and oxygen atoms in total. The number of ether oxygens (including phenoxy) is 2. The van der Waals surface area contributed by atoms with Gasteiger partial charge >= 0.3 is 6.09 Å². The van der Waals surface area contributed by atoms with Crippen LogP contribution in [-0.4, -0.2) is 54.8 Å². The lowest BCUT2D eigenvalue weighted by molar-refractivity contribution is -0.137. The van der Waals surface area contributed by atoms with Crippen LogP contribution in [0.2, 0.25) is 0 Å². The second-order valence-electron chi connectivity index (χ2n) is 8.07. The summed E-state index contributed by atoms with van der Waals surface area (Å²) >= 11 is 0. The minimum absolute atomic E-state index is 0.163. The number of alkyl carbamates (subject to hydrolysis) is 1. The van der Waals surface area contributed by atoms with Crippen molar-refractivity contribution in [1.29, 1.82) is 0 Å². The van der Waals surface area contributed by atoms with Crippen molar-refractivity contribution in [1.82, 2.24) is 15.5 Å². The summed E-state index contributed by atoms with van der Waals surface area (Å²) in [5, 5.41) is 7.31. The van der Waals surface area contributed by atoms with Gasteiger partial charge in [-0.15, -0.1) is 0 Å². The Labute approximate surface area is 200 Å². The Morgan fingerprint density at radius 2 is 1.86 bits per heavy atom. The van der Waals surface area contributed by atoms with Gasteiger partial charge in [0.2, 0.25) is 17.9 Å². The number of anilines is 1. The molecule has 0 saturated carbocycles. The maximum absolute atomic E-state index is 13.1. The van der Waals surface area contributed by atoms with Crippen LogP contribution in [0, 0.1) is 0 Å². The van der Waals surface area contributed by atoms with E-state index in [0.717, 1.165) is 0 Å². The molecule has 182 valence electrons. The molecule has 3 N–H and O–H groups in total. The predicted octanol–water partition coefficient (Wildman–Crippen LogP) is 1.49. The molecule has 35 heavy (non-hydrogen) atoms. The SMILES string of the molecule is CNC(=O)OC(C(=O)Nc1ccc2c(c1)CN(C1CCC(=O)NC1=O)C2=O)c1ccc(OC)cc1. The summed E-state index contributed by atoms with van der Waals surface area (Å²) in [6.45, 7) is 0.167. The first-order chi connectivity index (χ1) is 16.8. The Morgan fingerprint density at radius 1 is 1.11 bits per heavy atom. The average molecular weight is 480 g/mol. The summed E-state index contributed by atoms with van der Waals surface area (Å²) in [5.74, 6) is -1.18. The zero-order valence-corrected chi connectivity index (χ0v) is 19.1. The number of piperidine rings is 1. The van der Waals surface area contributed by atoms with Crippen molar-refractivity contribution >= 4 is 35.4 Å². The van der Waals surface area contributed by atoms with Crippen LogP contribution in [-0.2, 0) is 25.7 Å². The number of hydrogen-bond acceptors (Lipinski definition) is 7. The molecule has 1 fully saturated rings. The molecule has 2 aromatic rings. The number of benzene rings is 2. The molecule has 5 amide bonds. The standard InChI is InChI=1S/C24H24N4O7/c1-25-24(33)35-20(13-3-6-16(34-2)7-4-13)22(31)26-15-5-8-17-14(11-15)12-28(23(17)32)18-9-10-19(29)27-21(18)30/h3-8,11,18,20H,9-10,12H2,1-2H3,(H,25,33)(H,26,31)(H,27,29,30). The van der Waals surface area contributed by atoms with Gasteiger partial charge in [0.1, 0.15) is 11.8 Å². The fraction of sp³-hybridized carbons (Fsp3) is 0.292. The number of hydrogen-bond donors (Lipinski definition) is 3. The summed E-state index contributed by atoms with van der Waals surface area (Å²) in [7, 11) is 2.90. The normalized spacial score (nSPS) is 17.8. The van der Waals surface area contributed by atoms with Crippen LogP contribution in [0.5, 0.6) is 5.75 Å². The summed E-state index contributed by atoms with van der Waals surface area (Å²) in [6.07, 6.45) is -1.60. The van der Waals surface area contributed by atoms with Crippen molar-refractivity contribution < 1.29 is 33.4 Å². The van der Waals surface area contributed by atoms with Gasteiger partial charge in [0.05, 0.1) is 7.11 Å². The van der Waals surface area contributed by atoms with Crippen molar-refractivity contribution in [2.75, 3.05) is 19.5 Å². The van der Waals surface area contributed by atoms with Gasteiger partial charge < -0.3 is 25.0 Å². The second kappa shape index (κ2) is 9.84. The zero-order valence-electron chi connectivity index (χ0n) is 19.1. The van der Waals surface area contributed by atoms with E-state index in [2.05, 4.69) is 16.0 Å². The Hall–Kier alpha value is -4.41. The number of imide groups is 1. The molecule has 2 aliphatic rings. The van der Waals surface area contributed by atoms with Gasteiger partial charge in [-0.2, -0.15) is 0 Å². The van der Waals surface area contributed by atoms with Crippen LogP contribution < -0.4 is 20.7 Å². The second-order valence-corrected chi connectivity index (χ2v) is 8.07. The summed E-state index contributed by atoms with van der Waals surface area (Å²) in [6, 6.07) is 10.6. The average Bonchev–Trinajstić information content (AvgIpc) is 3.17. The fourth-order valence-corrected chi connectivity index (χ4v) is 4.08. The highest BCUT2D eigenvalue weighted by Gasteiger charge is 2.39. The monoisotopic (exact) mass is 480 g/mol. The molecule has 0 radical (unpaired) electrons. The minimum atomic E-state index is -1.24. The molecule has 0 aliphatic carbocycles. The van der Waals surface area contributed by atoms with Gasteiger partial charge in [-0.1, -0.05) is 12.1 Å². The zero-order chi connectivity index (χ0) is 25.1. The highest BCUT2D eigenvalue weighted by molar-refractivity contribution is 6.06. The first kappa shape index (κ1) is 23.7. The molecule has 1 saturated heterocycles. The van der Waals surface area contributed by atoms with Crippen molar-refractivity contribution in [3.05, 3.63) is 59.2 Å². The Kier molecular flexibility index (Phi) is 6.67. The topological polar surface area (TPSA) is 143 Å². The predicted molar refractivity (Wildman–Crippen MR) is 122 cm³/mol. The van der Waals surface area contributed by atoms with Crippen LogP contribution >= 0.6 is 0 Å². The van der Waals surface area contributed by atoms with Crippen molar-refractivity contribution in [2.24, 2.45) is 0 Å². The molecular weight excluding hydrogens is 456 g/mol. The van der Waals surface area contributed by atoms with Gasteiger partial charge in [-0.05, 0) is 42.3 Å². The van der Waals surface area contributed by atoms with Gasteiger partial charge in [0.15, 0.2) is 0 Å². The number of carbonyl (C=O) groups excluding carboxylic acids is 5. The Balaban J connectivity index is 1.51. The number of nitrogens with zero attached hydrogens (tertiary/aromatic N) is 1. The molecule has 11 heteroatoms. The molecule has 2 atom stereocenters. The largest absolute Gasteiger partial charge is 0.497 e. The van der Waals surface area contributed by atoms with E-state index in [9.17, 15) is 24.0 Å². The van der Waals surface area contributed by atoms with Crippen LogP contribution in [0.1, 0.15) is 40.4 Å². The van der Waals surface area contributed by atoms with E-state index in [1.165, 1.54) is 19.1 Å². The highest BCUT2D eigenvalue weighted by atomic mass is 16.6. The van der Waals surface area contributed by atoms with E-state index in [1.807, 2.05) is 0 Å². The van der Waals surface area contributed by atoms with Gasteiger partial charge in [-0.3, -0.25) is 24.5 Å². The smallest absolute Gasteiger partial charge is 0.408 e. The first-order valence-electron chi connectivity index (χ1n) is 10.9. The lowest BCUT2D eigenvalue weighted by Crippen LogP contribution is -2.52. The first-order valence-corrected chi connectivity index (χ1v) is 10.9. The van der Waals surface area contributed by atoms with Crippen molar-refractivity contribution in [3.63, 3.8) is 0 Å². The lowest BCUT2D eigenvalue weighted by Gasteiger charge is -2.29. The molecule has 2 unspecified atom stereocenters.